The highest BCUT2D eigenvalue weighted by molar-refractivity contribution is 7.13. The molecule has 2 aromatic heterocycles. The van der Waals surface area contributed by atoms with E-state index in [1.807, 2.05) is 17.5 Å². The van der Waals surface area contributed by atoms with E-state index in [4.69, 9.17) is 5.11 Å². The number of unbranched alkanes of at least 4 members (excludes halogenated alkanes) is 3. The lowest BCUT2D eigenvalue weighted by atomic mass is 10.1. The van der Waals surface area contributed by atoms with Crippen LogP contribution in [-0.4, -0.2) is 33.7 Å². The third kappa shape index (κ3) is 5.00. The molecule has 1 amide bonds. The van der Waals surface area contributed by atoms with Gasteiger partial charge >= 0.3 is 5.97 Å². The van der Waals surface area contributed by atoms with Gasteiger partial charge in [0.15, 0.2) is 5.69 Å². The first-order chi connectivity index (χ1) is 10.7. The zero-order valence-corrected chi connectivity index (χ0v) is 13.0. The van der Waals surface area contributed by atoms with Gasteiger partial charge in [0.2, 0.25) is 0 Å². The average molecular weight is 321 g/mol. The molecule has 7 heteroatoms. The fourth-order valence-corrected chi connectivity index (χ4v) is 2.74. The van der Waals surface area contributed by atoms with Crippen molar-refractivity contribution >= 4 is 23.2 Å². The van der Waals surface area contributed by atoms with E-state index in [1.165, 1.54) is 0 Å². The first kappa shape index (κ1) is 16.2. The molecule has 22 heavy (non-hydrogen) atoms. The number of carboxylic acids is 1. The third-order valence-corrected chi connectivity index (χ3v) is 4.10. The Bertz CT molecular complexity index is 607. The Hall–Kier alpha value is -2.15. The number of nitrogens with zero attached hydrogens (tertiary/aromatic N) is 1. The maximum Gasteiger partial charge on any atom is 0.303 e. The number of aliphatic carboxylic acids is 1. The zero-order chi connectivity index (χ0) is 15.8. The van der Waals surface area contributed by atoms with Crippen LogP contribution in [0.2, 0.25) is 0 Å². The molecule has 0 spiro atoms. The number of H-pyrrole nitrogens is 1. The normalized spacial score (nSPS) is 10.5. The minimum Gasteiger partial charge on any atom is -0.481 e. The lowest BCUT2D eigenvalue weighted by molar-refractivity contribution is -0.137. The van der Waals surface area contributed by atoms with E-state index in [1.54, 1.807) is 17.4 Å². The van der Waals surface area contributed by atoms with E-state index in [0.29, 0.717) is 18.7 Å². The molecular weight excluding hydrogens is 302 g/mol. The van der Waals surface area contributed by atoms with Gasteiger partial charge in [0, 0.05) is 13.0 Å². The number of amides is 1. The molecule has 0 aromatic carbocycles. The molecule has 0 atom stereocenters. The first-order valence-corrected chi connectivity index (χ1v) is 8.14. The van der Waals surface area contributed by atoms with Crippen molar-refractivity contribution in [3.63, 3.8) is 0 Å². The van der Waals surface area contributed by atoms with Crippen LogP contribution in [0.5, 0.6) is 0 Å². The number of aromatic amines is 1. The number of rotatable bonds is 9. The summed E-state index contributed by atoms with van der Waals surface area (Å²) < 4.78 is 0. The SMILES string of the molecule is O=C(O)CCCCCCNC(=O)c1cc(-c2cccs2)[nH]n1. The second-order valence-corrected chi connectivity index (χ2v) is 5.91. The van der Waals surface area contributed by atoms with Crippen LogP contribution >= 0.6 is 11.3 Å². The molecule has 0 fully saturated rings. The van der Waals surface area contributed by atoms with Crippen molar-refractivity contribution < 1.29 is 14.7 Å². The molecule has 0 saturated heterocycles. The van der Waals surface area contributed by atoms with Crippen LogP contribution in [0, 0.1) is 0 Å². The van der Waals surface area contributed by atoms with E-state index in [-0.39, 0.29) is 12.3 Å². The fraction of sp³-hybridized carbons (Fsp3) is 0.400. The van der Waals surface area contributed by atoms with Crippen molar-refractivity contribution in [3.05, 3.63) is 29.3 Å². The molecule has 2 rings (SSSR count). The van der Waals surface area contributed by atoms with Crippen LogP contribution in [0.4, 0.5) is 0 Å². The quantitative estimate of drug-likeness (QED) is 0.619. The van der Waals surface area contributed by atoms with Gasteiger partial charge in [-0.1, -0.05) is 18.9 Å². The average Bonchev–Trinajstić information content (AvgIpc) is 3.16. The summed E-state index contributed by atoms with van der Waals surface area (Å²) in [6.07, 6.45) is 3.52. The van der Waals surface area contributed by atoms with Gasteiger partial charge in [-0.15, -0.1) is 11.3 Å². The van der Waals surface area contributed by atoms with E-state index in [2.05, 4.69) is 15.5 Å². The highest BCUT2D eigenvalue weighted by Crippen LogP contribution is 2.22. The maximum atomic E-state index is 11.9. The summed E-state index contributed by atoms with van der Waals surface area (Å²) in [4.78, 5) is 23.3. The standard InChI is InChI=1S/C15H19N3O3S/c19-14(20)7-3-1-2-4-8-16-15(21)12-10-11(17-18-12)13-6-5-9-22-13/h5-6,9-10H,1-4,7-8H2,(H,16,21)(H,17,18)(H,19,20). The van der Waals surface area contributed by atoms with Crippen molar-refractivity contribution in [1.82, 2.24) is 15.5 Å². The van der Waals surface area contributed by atoms with E-state index in [0.717, 1.165) is 29.8 Å². The van der Waals surface area contributed by atoms with Gasteiger partial charge in [0.25, 0.3) is 5.91 Å². The van der Waals surface area contributed by atoms with Crippen LogP contribution in [0.25, 0.3) is 10.6 Å². The number of carbonyl (C=O) groups is 2. The summed E-state index contributed by atoms with van der Waals surface area (Å²) in [5.74, 6) is -0.946. The molecule has 0 saturated carbocycles. The summed E-state index contributed by atoms with van der Waals surface area (Å²) >= 11 is 1.59. The lowest BCUT2D eigenvalue weighted by Gasteiger charge is -2.02. The summed E-state index contributed by atoms with van der Waals surface area (Å²) in [6.45, 7) is 0.576. The lowest BCUT2D eigenvalue weighted by Crippen LogP contribution is -2.24. The van der Waals surface area contributed by atoms with E-state index < -0.39 is 5.97 Å². The van der Waals surface area contributed by atoms with Crippen molar-refractivity contribution in [2.45, 2.75) is 32.1 Å². The Balaban J connectivity index is 1.66. The Morgan fingerprint density at radius 3 is 2.82 bits per heavy atom. The fourth-order valence-electron chi connectivity index (χ4n) is 2.04. The Labute approximate surface area is 132 Å². The topological polar surface area (TPSA) is 95.1 Å². The van der Waals surface area contributed by atoms with Gasteiger partial charge in [0.1, 0.15) is 0 Å². The predicted molar refractivity (Wildman–Crippen MR) is 85.0 cm³/mol. The van der Waals surface area contributed by atoms with Crippen LogP contribution < -0.4 is 5.32 Å². The minimum absolute atomic E-state index is 0.190. The van der Waals surface area contributed by atoms with Gasteiger partial charge in [0.05, 0.1) is 10.6 Å². The molecule has 0 bridgehead atoms. The summed E-state index contributed by atoms with van der Waals surface area (Å²) in [6, 6.07) is 5.66. The van der Waals surface area contributed by atoms with E-state index in [9.17, 15) is 9.59 Å². The predicted octanol–water partition coefficient (Wildman–Crippen LogP) is 2.90. The largest absolute Gasteiger partial charge is 0.481 e. The van der Waals surface area contributed by atoms with Crippen molar-refractivity contribution in [2.24, 2.45) is 0 Å². The molecule has 0 radical (unpaired) electrons. The number of thiophene rings is 1. The minimum atomic E-state index is -0.756. The van der Waals surface area contributed by atoms with Gasteiger partial charge < -0.3 is 10.4 Å². The molecule has 2 heterocycles. The highest BCUT2D eigenvalue weighted by atomic mass is 32.1. The van der Waals surface area contributed by atoms with Crippen LogP contribution in [0.15, 0.2) is 23.6 Å². The molecule has 2 aromatic rings. The molecule has 0 aliphatic heterocycles. The maximum absolute atomic E-state index is 11.9. The van der Waals surface area contributed by atoms with Gasteiger partial charge in [-0.25, -0.2) is 0 Å². The zero-order valence-electron chi connectivity index (χ0n) is 12.2. The van der Waals surface area contributed by atoms with Crippen molar-refractivity contribution in [1.29, 1.82) is 0 Å². The van der Waals surface area contributed by atoms with Gasteiger partial charge in [-0.05, 0) is 30.4 Å². The Morgan fingerprint density at radius 2 is 2.09 bits per heavy atom. The molecule has 0 unspecified atom stereocenters. The van der Waals surface area contributed by atoms with Crippen molar-refractivity contribution in [3.8, 4) is 10.6 Å². The molecule has 0 aliphatic carbocycles. The molecular formula is C15H19N3O3S. The molecule has 3 N–H and O–H groups in total. The first-order valence-electron chi connectivity index (χ1n) is 7.26. The van der Waals surface area contributed by atoms with Crippen LogP contribution in [-0.2, 0) is 4.79 Å². The number of hydrogen-bond donors (Lipinski definition) is 3. The molecule has 118 valence electrons. The Kier molecular flexibility index (Phi) is 6.14. The molecule has 0 aliphatic rings. The monoisotopic (exact) mass is 321 g/mol. The van der Waals surface area contributed by atoms with E-state index >= 15 is 0 Å². The summed E-state index contributed by atoms with van der Waals surface area (Å²) in [5, 5.41) is 20.2. The number of carbonyl (C=O) groups excluding carboxylic acids is 1. The Morgan fingerprint density at radius 1 is 1.27 bits per heavy atom. The number of nitrogens with one attached hydrogen (secondary N) is 2. The number of hydrogen-bond acceptors (Lipinski definition) is 4. The second kappa shape index (κ2) is 8.33. The van der Waals surface area contributed by atoms with Crippen LogP contribution in [0.3, 0.4) is 0 Å². The molecule has 6 nitrogen and oxygen atoms in total. The second-order valence-electron chi connectivity index (χ2n) is 4.96. The highest BCUT2D eigenvalue weighted by Gasteiger charge is 2.11. The van der Waals surface area contributed by atoms with Gasteiger partial charge in [-0.3, -0.25) is 14.7 Å². The third-order valence-electron chi connectivity index (χ3n) is 3.20. The van der Waals surface area contributed by atoms with Crippen molar-refractivity contribution in [2.75, 3.05) is 6.54 Å². The smallest absolute Gasteiger partial charge is 0.303 e. The number of aromatic nitrogens is 2. The number of carboxylic acid groups (broad SMARTS) is 1. The van der Waals surface area contributed by atoms with Gasteiger partial charge in [-0.2, -0.15) is 5.10 Å². The summed E-state index contributed by atoms with van der Waals surface area (Å²) in [5.41, 5.74) is 1.23. The summed E-state index contributed by atoms with van der Waals surface area (Å²) in [7, 11) is 0. The van der Waals surface area contributed by atoms with Crippen LogP contribution in [0.1, 0.15) is 42.6 Å².